The number of hydrogen-bond acceptors (Lipinski definition) is 5. The maximum Gasteiger partial charge on any atom is 0.159 e. The van der Waals surface area contributed by atoms with E-state index in [0.29, 0.717) is 0 Å². The Hall–Kier alpha value is -3.36. The smallest absolute Gasteiger partial charge is 0.159 e. The summed E-state index contributed by atoms with van der Waals surface area (Å²) in [4.78, 5) is 7.68. The van der Waals surface area contributed by atoms with Crippen LogP contribution < -0.4 is 16.4 Å². The number of nitrogens with one attached hydrogen (secondary N) is 2. The number of aromatic nitrogens is 2. The van der Waals surface area contributed by atoms with Gasteiger partial charge in [0.1, 0.15) is 35.3 Å². The highest BCUT2D eigenvalue weighted by Crippen LogP contribution is 2.30. The van der Waals surface area contributed by atoms with Crippen LogP contribution in [0.25, 0.3) is 0 Å². The molecule has 2 aromatic carbocycles. The molecule has 0 fully saturated rings. The molecule has 3 rings (SSSR count). The van der Waals surface area contributed by atoms with Crippen molar-refractivity contribution in [3.63, 3.8) is 0 Å². The SMILES string of the molecule is Nc1c(Nc2cc(F)ccc2F)ncnc1Nc1cc(F)ccc1F. The molecule has 9 heteroatoms. The Morgan fingerprint density at radius 3 is 1.60 bits per heavy atom. The number of anilines is 5. The Labute approximate surface area is 139 Å². The van der Waals surface area contributed by atoms with Crippen LogP contribution in [-0.2, 0) is 0 Å². The molecular weight excluding hydrogens is 338 g/mol. The van der Waals surface area contributed by atoms with Gasteiger partial charge in [0.15, 0.2) is 11.6 Å². The molecule has 0 aliphatic rings. The van der Waals surface area contributed by atoms with Gasteiger partial charge in [0.25, 0.3) is 0 Å². The van der Waals surface area contributed by atoms with Gasteiger partial charge in [0, 0.05) is 12.1 Å². The Morgan fingerprint density at radius 1 is 0.720 bits per heavy atom. The van der Waals surface area contributed by atoms with Crippen LogP contribution in [0.2, 0.25) is 0 Å². The molecule has 3 aromatic rings. The van der Waals surface area contributed by atoms with E-state index in [4.69, 9.17) is 5.73 Å². The second kappa shape index (κ2) is 6.63. The van der Waals surface area contributed by atoms with E-state index in [9.17, 15) is 17.6 Å². The second-order valence-electron chi connectivity index (χ2n) is 4.98. The molecule has 0 atom stereocenters. The van der Waals surface area contributed by atoms with Crippen LogP contribution >= 0.6 is 0 Å². The van der Waals surface area contributed by atoms with E-state index in [1.54, 1.807) is 0 Å². The van der Waals surface area contributed by atoms with Crippen molar-refractivity contribution in [2.75, 3.05) is 16.4 Å². The van der Waals surface area contributed by atoms with Gasteiger partial charge in [-0.05, 0) is 24.3 Å². The van der Waals surface area contributed by atoms with Crippen molar-refractivity contribution in [1.29, 1.82) is 0 Å². The summed E-state index contributed by atoms with van der Waals surface area (Å²) in [5.74, 6) is -2.80. The Kier molecular flexibility index (Phi) is 4.38. The van der Waals surface area contributed by atoms with Crippen molar-refractivity contribution < 1.29 is 17.6 Å². The third-order valence-corrected chi connectivity index (χ3v) is 3.25. The van der Waals surface area contributed by atoms with Crippen molar-refractivity contribution in [2.24, 2.45) is 0 Å². The van der Waals surface area contributed by atoms with E-state index in [1.807, 2.05) is 0 Å². The van der Waals surface area contributed by atoms with Gasteiger partial charge >= 0.3 is 0 Å². The average molecular weight is 349 g/mol. The van der Waals surface area contributed by atoms with Gasteiger partial charge in [-0.2, -0.15) is 0 Å². The highest BCUT2D eigenvalue weighted by molar-refractivity contribution is 5.80. The van der Waals surface area contributed by atoms with E-state index in [0.717, 1.165) is 42.7 Å². The first kappa shape index (κ1) is 16.5. The summed E-state index contributed by atoms with van der Waals surface area (Å²) < 4.78 is 53.9. The summed E-state index contributed by atoms with van der Waals surface area (Å²) in [5.41, 5.74) is 5.41. The second-order valence-corrected chi connectivity index (χ2v) is 4.98. The van der Waals surface area contributed by atoms with Gasteiger partial charge in [0.05, 0.1) is 11.4 Å². The minimum atomic E-state index is -0.718. The maximum atomic E-state index is 13.7. The number of nitrogen functional groups attached to an aromatic ring is 1. The fourth-order valence-electron chi connectivity index (χ4n) is 2.04. The molecule has 0 amide bonds. The normalized spacial score (nSPS) is 10.6. The summed E-state index contributed by atoms with van der Waals surface area (Å²) in [6, 6.07) is 5.66. The molecule has 0 aliphatic heterocycles. The molecule has 1 aromatic heterocycles. The van der Waals surface area contributed by atoms with E-state index in [2.05, 4.69) is 20.6 Å². The Balaban J connectivity index is 1.92. The van der Waals surface area contributed by atoms with Gasteiger partial charge in [-0.15, -0.1) is 0 Å². The van der Waals surface area contributed by atoms with Crippen LogP contribution in [0.15, 0.2) is 42.7 Å². The van der Waals surface area contributed by atoms with Crippen molar-refractivity contribution >= 4 is 28.7 Å². The summed E-state index contributed by atoms with van der Waals surface area (Å²) in [6.07, 6.45) is 1.08. The van der Waals surface area contributed by atoms with Gasteiger partial charge in [-0.25, -0.2) is 27.5 Å². The topological polar surface area (TPSA) is 75.9 Å². The van der Waals surface area contributed by atoms with E-state index in [1.165, 1.54) is 0 Å². The van der Waals surface area contributed by atoms with Crippen LogP contribution in [0.3, 0.4) is 0 Å². The minimum absolute atomic E-state index is 0.0289. The molecule has 0 bridgehead atoms. The summed E-state index contributed by atoms with van der Waals surface area (Å²) in [7, 11) is 0. The lowest BCUT2D eigenvalue weighted by atomic mass is 10.2. The number of halogens is 4. The fourth-order valence-corrected chi connectivity index (χ4v) is 2.04. The number of rotatable bonds is 4. The predicted molar refractivity (Wildman–Crippen MR) is 85.7 cm³/mol. The van der Waals surface area contributed by atoms with E-state index in [-0.39, 0.29) is 28.7 Å². The zero-order valence-corrected chi connectivity index (χ0v) is 12.5. The zero-order chi connectivity index (χ0) is 18.0. The summed E-state index contributed by atoms with van der Waals surface area (Å²) >= 11 is 0. The predicted octanol–water partition coefficient (Wildman–Crippen LogP) is 4.10. The van der Waals surface area contributed by atoms with E-state index < -0.39 is 23.3 Å². The monoisotopic (exact) mass is 349 g/mol. The molecule has 4 N–H and O–H groups in total. The molecule has 0 radical (unpaired) electrons. The third-order valence-electron chi connectivity index (χ3n) is 3.25. The van der Waals surface area contributed by atoms with Crippen LogP contribution in [0.1, 0.15) is 0 Å². The highest BCUT2D eigenvalue weighted by Gasteiger charge is 2.13. The first-order chi connectivity index (χ1) is 11.9. The van der Waals surface area contributed by atoms with Gasteiger partial charge in [0.2, 0.25) is 0 Å². The number of nitrogens with two attached hydrogens (primary N) is 1. The van der Waals surface area contributed by atoms with E-state index >= 15 is 0 Å². The molecule has 0 aliphatic carbocycles. The lowest BCUT2D eigenvalue weighted by Gasteiger charge is -2.13. The van der Waals surface area contributed by atoms with Gasteiger partial charge < -0.3 is 16.4 Å². The molecule has 0 saturated carbocycles. The highest BCUT2D eigenvalue weighted by atomic mass is 19.1. The maximum absolute atomic E-state index is 13.7. The van der Waals surface area contributed by atoms with Gasteiger partial charge in [-0.1, -0.05) is 0 Å². The quantitative estimate of drug-likeness (QED) is 0.618. The molecule has 1 heterocycles. The standard InChI is InChI=1S/C16H11F4N5/c17-8-1-3-10(19)12(5-8)24-15-14(21)16(23-7-22-15)25-13-6-9(18)2-4-11(13)20/h1-7H,21H2,(H2,22,23,24,25). The number of benzene rings is 2. The molecule has 0 unspecified atom stereocenters. The molecule has 25 heavy (non-hydrogen) atoms. The van der Waals surface area contributed by atoms with Crippen molar-refractivity contribution in [2.45, 2.75) is 0 Å². The van der Waals surface area contributed by atoms with Crippen molar-refractivity contribution in [3.05, 3.63) is 66.0 Å². The first-order valence-electron chi connectivity index (χ1n) is 6.98. The zero-order valence-electron chi connectivity index (χ0n) is 12.5. The largest absolute Gasteiger partial charge is 0.393 e. The lowest BCUT2D eigenvalue weighted by molar-refractivity contribution is 0.603. The van der Waals surface area contributed by atoms with Crippen LogP contribution in [-0.4, -0.2) is 9.97 Å². The number of nitrogens with zero attached hydrogens (tertiary/aromatic N) is 2. The van der Waals surface area contributed by atoms with Crippen molar-refractivity contribution in [1.82, 2.24) is 9.97 Å². The molecule has 0 saturated heterocycles. The van der Waals surface area contributed by atoms with Crippen LogP contribution in [0.4, 0.5) is 46.3 Å². The van der Waals surface area contributed by atoms with Crippen LogP contribution in [0, 0.1) is 23.3 Å². The minimum Gasteiger partial charge on any atom is -0.393 e. The first-order valence-corrected chi connectivity index (χ1v) is 6.98. The lowest BCUT2D eigenvalue weighted by Crippen LogP contribution is -2.06. The number of hydrogen-bond donors (Lipinski definition) is 3. The van der Waals surface area contributed by atoms with Crippen LogP contribution in [0.5, 0.6) is 0 Å². The average Bonchev–Trinajstić information content (AvgIpc) is 2.58. The molecule has 128 valence electrons. The fraction of sp³-hybridized carbons (Fsp3) is 0. The molecule has 5 nitrogen and oxygen atoms in total. The third kappa shape index (κ3) is 3.60. The summed E-state index contributed by atoms with van der Waals surface area (Å²) in [6.45, 7) is 0. The Bertz CT molecular complexity index is 861. The summed E-state index contributed by atoms with van der Waals surface area (Å²) in [5, 5.41) is 5.07. The Morgan fingerprint density at radius 2 is 1.16 bits per heavy atom. The molecule has 0 spiro atoms. The van der Waals surface area contributed by atoms with Gasteiger partial charge in [-0.3, -0.25) is 0 Å². The van der Waals surface area contributed by atoms with Crippen molar-refractivity contribution in [3.8, 4) is 0 Å². The molecular formula is C16H11F4N5.